The molecule has 0 saturated carbocycles. The van der Waals surface area contributed by atoms with Crippen LogP contribution in [0.25, 0.3) is 0 Å². The molecule has 2 rings (SSSR count). The average molecular weight is 269 g/mol. The zero-order valence-corrected chi connectivity index (χ0v) is 11.3. The van der Waals surface area contributed by atoms with E-state index in [1.165, 1.54) is 13.1 Å². The molecule has 1 aromatic heterocycles. The molecule has 20 heavy (non-hydrogen) atoms. The second-order valence-corrected chi connectivity index (χ2v) is 4.40. The Morgan fingerprint density at radius 2 is 1.55 bits per heavy atom. The highest BCUT2D eigenvalue weighted by Gasteiger charge is 2.06. The lowest BCUT2D eigenvalue weighted by Crippen LogP contribution is -2.12. The van der Waals surface area contributed by atoms with Crippen molar-refractivity contribution in [3.63, 3.8) is 0 Å². The average Bonchev–Trinajstić information content (AvgIpc) is 2.41. The van der Waals surface area contributed by atoms with Crippen molar-refractivity contribution in [3.8, 4) is 0 Å². The second-order valence-electron chi connectivity index (χ2n) is 4.40. The van der Waals surface area contributed by atoms with Gasteiger partial charge in [-0.2, -0.15) is 0 Å². The van der Waals surface area contributed by atoms with E-state index in [4.69, 9.17) is 0 Å². The zero-order chi connectivity index (χ0) is 14.5. The number of aryl methyl sites for hydroxylation is 1. The molecule has 0 radical (unpaired) electrons. The molecule has 1 aromatic carbocycles. The smallest absolute Gasteiger partial charge is 0.257 e. The number of anilines is 2. The predicted molar refractivity (Wildman–Crippen MR) is 77.7 cm³/mol. The van der Waals surface area contributed by atoms with E-state index in [0.29, 0.717) is 16.9 Å². The summed E-state index contributed by atoms with van der Waals surface area (Å²) in [6.45, 7) is 3.31. The molecule has 2 amide bonds. The predicted octanol–water partition coefficient (Wildman–Crippen LogP) is 2.60. The molecule has 0 aliphatic heterocycles. The summed E-state index contributed by atoms with van der Waals surface area (Å²) in [6, 6.07) is 10.4. The molecule has 2 aromatic rings. The van der Waals surface area contributed by atoms with Crippen molar-refractivity contribution in [2.24, 2.45) is 0 Å². The summed E-state index contributed by atoms with van der Waals surface area (Å²) in [5.41, 5.74) is 2.71. The zero-order valence-electron chi connectivity index (χ0n) is 11.3. The first-order valence-electron chi connectivity index (χ1n) is 6.16. The summed E-state index contributed by atoms with van der Waals surface area (Å²) in [5, 5.41) is 5.43. The van der Waals surface area contributed by atoms with Crippen molar-refractivity contribution in [2.75, 3.05) is 10.6 Å². The Labute approximate surface area is 117 Å². The van der Waals surface area contributed by atoms with Gasteiger partial charge in [-0.3, -0.25) is 14.6 Å². The fourth-order valence-corrected chi connectivity index (χ4v) is 1.65. The molecule has 1 heterocycles. The maximum Gasteiger partial charge on any atom is 0.257 e. The summed E-state index contributed by atoms with van der Waals surface area (Å²) in [5.74, 6) is -0.350. The van der Waals surface area contributed by atoms with E-state index in [1.54, 1.807) is 36.4 Å². The fraction of sp³-hybridized carbons (Fsp3) is 0.133. The second kappa shape index (κ2) is 5.97. The van der Waals surface area contributed by atoms with E-state index >= 15 is 0 Å². The van der Waals surface area contributed by atoms with Gasteiger partial charge in [0.2, 0.25) is 5.91 Å². The minimum Gasteiger partial charge on any atom is -0.326 e. The number of aromatic nitrogens is 1. The van der Waals surface area contributed by atoms with Gasteiger partial charge in [0.05, 0.1) is 5.56 Å². The molecule has 5 heteroatoms. The molecule has 0 spiro atoms. The number of hydrogen-bond donors (Lipinski definition) is 2. The summed E-state index contributed by atoms with van der Waals surface area (Å²) < 4.78 is 0. The van der Waals surface area contributed by atoms with Crippen LogP contribution < -0.4 is 10.6 Å². The molecule has 0 bridgehead atoms. The summed E-state index contributed by atoms with van der Waals surface area (Å²) in [4.78, 5) is 26.9. The largest absolute Gasteiger partial charge is 0.326 e. The molecular weight excluding hydrogens is 254 g/mol. The Balaban J connectivity index is 2.04. The third kappa shape index (κ3) is 3.65. The van der Waals surface area contributed by atoms with Gasteiger partial charge < -0.3 is 10.6 Å². The van der Waals surface area contributed by atoms with Crippen molar-refractivity contribution in [2.45, 2.75) is 13.8 Å². The molecule has 0 aliphatic carbocycles. The van der Waals surface area contributed by atoms with Gasteiger partial charge in [0.15, 0.2) is 0 Å². The number of nitrogens with one attached hydrogen (secondary N) is 2. The molecule has 0 atom stereocenters. The Kier molecular flexibility index (Phi) is 4.10. The van der Waals surface area contributed by atoms with Gasteiger partial charge in [0, 0.05) is 30.2 Å². The molecule has 0 saturated heterocycles. The highest BCUT2D eigenvalue weighted by atomic mass is 16.2. The number of amides is 2. The quantitative estimate of drug-likeness (QED) is 0.899. The van der Waals surface area contributed by atoms with Gasteiger partial charge in [-0.25, -0.2) is 0 Å². The van der Waals surface area contributed by atoms with Crippen LogP contribution in [0, 0.1) is 6.92 Å². The van der Waals surface area contributed by atoms with Gasteiger partial charge in [0.25, 0.3) is 5.91 Å². The van der Waals surface area contributed by atoms with Gasteiger partial charge in [-0.05, 0) is 43.3 Å². The first-order chi connectivity index (χ1) is 9.54. The van der Waals surface area contributed by atoms with Crippen molar-refractivity contribution >= 4 is 23.2 Å². The van der Waals surface area contributed by atoms with Crippen LogP contribution in [0.3, 0.4) is 0 Å². The number of carbonyl (C=O) groups excluding carboxylic acids is 2. The highest BCUT2D eigenvalue weighted by Crippen LogP contribution is 2.14. The molecular formula is C15H15N3O2. The first kappa shape index (κ1) is 13.7. The molecule has 102 valence electrons. The van der Waals surface area contributed by atoms with E-state index in [0.717, 1.165) is 5.69 Å². The van der Waals surface area contributed by atoms with E-state index in [-0.39, 0.29) is 11.8 Å². The molecule has 0 fully saturated rings. The monoisotopic (exact) mass is 269 g/mol. The third-order valence-electron chi connectivity index (χ3n) is 2.64. The molecule has 2 N–H and O–H groups in total. The molecule has 5 nitrogen and oxygen atoms in total. The van der Waals surface area contributed by atoms with Gasteiger partial charge >= 0.3 is 0 Å². The third-order valence-corrected chi connectivity index (χ3v) is 2.64. The Morgan fingerprint density at radius 3 is 2.05 bits per heavy atom. The van der Waals surface area contributed by atoms with Crippen molar-refractivity contribution in [1.82, 2.24) is 4.98 Å². The van der Waals surface area contributed by atoms with Crippen LogP contribution >= 0.6 is 0 Å². The maximum atomic E-state index is 12.0. The van der Waals surface area contributed by atoms with Crippen LogP contribution in [0.4, 0.5) is 11.4 Å². The van der Waals surface area contributed by atoms with Crippen molar-refractivity contribution < 1.29 is 9.59 Å². The Bertz CT molecular complexity index is 619. The lowest BCUT2D eigenvalue weighted by molar-refractivity contribution is -0.114. The van der Waals surface area contributed by atoms with Gasteiger partial charge in [0.1, 0.15) is 0 Å². The van der Waals surface area contributed by atoms with Crippen molar-refractivity contribution in [1.29, 1.82) is 0 Å². The van der Waals surface area contributed by atoms with Crippen LogP contribution in [-0.2, 0) is 4.79 Å². The van der Waals surface area contributed by atoms with Crippen LogP contribution in [0.15, 0.2) is 42.6 Å². The topological polar surface area (TPSA) is 71.1 Å². The maximum absolute atomic E-state index is 12.0. The van der Waals surface area contributed by atoms with Gasteiger partial charge in [-0.1, -0.05) is 0 Å². The first-order valence-corrected chi connectivity index (χ1v) is 6.16. The van der Waals surface area contributed by atoms with E-state index in [9.17, 15) is 9.59 Å². The number of carbonyl (C=O) groups is 2. The lowest BCUT2D eigenvalue weighted by atomic mass is 10.2. The number of hydrogen-bond acceptors (Lipinski definition) is 3. The summed E-state index contributed by atoms with van der Waals surface area (Å²) in [7, 11) is 0. The minimum absolute atomic E-state index is 0.132. The Morgan fingerprint density at radius 1 is 0.950 bits per heavy atom. The number of benzene rings is 1. The highest BCUT2D eigenvalue weighted by molar-refractivity contribution is 6.04. The van der Waals surface area contributed by atoms with Crippen LogP contribution in [0.1, 0.15) is 23.0 Å². The number of nitrogens with zero attached hydrogens (tertiary/aromatic N) is 1. The van der Waals surface area contributed by atoms with Crippen molar-refractivity contribution in [3.05, 3.63) is 53.9 Å². The number of rotatable bonds is 3. The summed E-state index contributed by atoms with van der Waals surface area (Å²) >= 11 is 0. The van der Waals surface area contributed by atoms with E-state index in [1.807, 2.05) is 6.92 Å². The normalized spacial score (nSPS) is 9.90. The fourth-order valence-electron chi connectivity index (χ4n) is 1.65. The molecule has 0 unspecified atom stereocenters. The van der Waals surface area contributed by atoms with E-state index in [2.05, 4.69) is 15.6 Å². The summed E-state index contributed by atoms with van der Waals surface area (Å²) in [6.07, 6.45) is 1.54. The van der Waals surface area contributed by atoms with Crippen LogP contribution in [0.2, 0.25) is 0 Å². The lowest BCUT2D eigenvalue weighted by Gasteiger charge is -2.07. The molecule has 0 aliphatic rings. The van der Waals surface area contributed by atoms with E-state index < -0.39 is 0 Å². The minimum atomic E-state index is -0.218. The van der Waals surface area contributed by atoms with Crippen LogP contribution in [0.5, 0.6) is 0 Å². The number of pyridine rings is 1. The van der Waals surface area contributed by atoms with Crippen LogP contribution in [-0.4, -0.2) is 16.8 Å². The SMILES string of the molecule is CC(=O)Nc1ccc(NC(=O)c2ccc(C)nc2)cc1. The Hall–Kier alpha value is -2.69. The van der Waals surface area contributed by atoms with Gasteiger partial charge in [-0.15, -0.1) is 0 Å². The standard InChI is InChI=1S/C15H15N3O2/c1-10-3-4-12(9-16-10)15(20)18-14-7-5-13(6-8-14)17-11(2)19/h3-9H,1-2H3,(H,17,19)(H,18,20).